The third-order valence-electron chi connectivity index (χ3n) is 3.41. The zero-order valence-corrected chi connectivity index (χ0v) is 10.0. The van der Waals surface area contributed by atoms with Crippen LogP contribution in [0.3, 0.4) is 0 Å². The Balaban J connectivity index is 1.94. The molecule has 0 aliphatic carbocycles. The maximum atomic E-state index is 5.40. The minimum atomic E-state index is 0.406. The molecule has 0 amide bonds. The predicted molar refractivity (Wildman–Crippen MR) is 61.9 cm³/mol. The number of hydrogen-bond donors (Lipinski definition) is 1. The van der Waals surface area contributed by atoms with Gasteiger partial charge in [-0.15, -0.1) is 0 Å². The molecule has 5 nitrogen and oxygen atoms in total. The largest absolute Gasteiger partial charge is 0.481 e. The molecule has 3 heterocycles. The molecule has 1 aromatic heterocycles. The third-order valence-corrected chi connectivity index (χ3v) is 3.41. The van der Waals surface area contributed by atoms with Gasteiger partial charge in [-0.2, -0.15) is 4.98 Å². The summed E-state index contributed by atoms with van der Waals surface area (Å²) in [6.45, 7) is 3.22. The zero-order chi connectivity index (χ0) is 11.7. The number of ether oxygens (including phenoxy) is 2. The summed E-state index contributed by atoms with van der Waals surface area (Å²) in [7, 11) is 1.66. The first-order valence-electron chi connectivity index (χ1n) is 6.10. The number of rotatable bonds is 2. The first-order chi connectivity index (χ1) is 8.38. The van der Waals surface area contributed by atoms with E-state index in [-0.39, 0.29) is 0 Å². The van der Waals surface area contributed by atoms with Crippen molar-refractivity contribution in [1.29, 1.82) is 0 Å². The van der Waals surface area contributed by atoms with Gasteiger partial charge in [0.2, 0.25) is 5.88 Å². The lowest BCUT2D eigenvalue weighted by Gasteiger charge is -2.22. The van der Waals surface area contributed by atoms with Crippen LogP contribution in [0, 0.1) is 0 Å². The molecule has 0 saturated carbocycles. The van der Waals surface area contributed by atoms with Gasteiger partial charge in [-0.25, -0.2) is 4.98 Å². The van der Waals surface area contributed by atoms with E-state index in [1.807, 2.05) is 0 Å². The first-order valence-corrected chi connectivity index (χ1v) is 6.10. The van der Waals surface area contributed by atoms with Crippen LogP contribution >= 0.6 is 0 Å². The van der Waals surface area contributed by atoms with Gasteiger partial charge in [-0.3, -0.25) is 0 Å². The normalized spacial score (nSPS) is 23.5. The van der Waals surface area contributed by atoms with E-state index < -0.39 is 0 Å². The van der Waals surface area contributed by atoms with Crippen LogP contribution in [0.5, 0.6) is 5.88 Å². The molecule has 0 aromatic carbocycles. The summed E-state index contributed by atoms with van der Waals surface area (Å²) in [6.07, 6.45) is 2.33. The minimum Gasteiger partial charge on any atom is -0.481 e. The molecular formula is C12H17N3O2. The van der Waals surface area contributed by atoms with E-state index in [1.165, 1.54) is 6.42 Å². The highest BCUT2D eigenvalue weighted by Gasteiger charge is 2.25. The van der Waals surface area contributed by atoms with Crippen molar-refractivity contribution in [2.24, 2.45) is 0 Å². The van der Waals surface area contributed by atoms with E-state index >= 15 is 0 Å². The molecule has 0 bridgehead atoms. The van der Waals surface area contributed by atoms with Crippen LogP contribution in [0.4, 0.5) is 0 Å². The maximum Gasteiger partial charge on any atom is 0.222 e. The van der Waals surface area contributed by atoms with Gasteiger partial charge in [0.15, 0.2) is 0 Å². The molecule has 1 N–H and O–H groups in total. The summed E-state index contributed by atoms with van der Waals surface area (Å²) in [6, 6.07) is 0. The molecule has 0 radical (unpaired) electrons. The van der Waals surface area contributed by atoms with Crippen molar-refractivity contribution in [3.8, 4) is 5.88 Å². The Hall–Kier alpha value is -1.20. The van der Waals surface area contributed by atoms with Crippen LogP contribution in [-0.2, 0) is 18.0 Å². The highest BCUT2D eigenvalue weighted by atomic mass is 16.5. The third kappa shape index (κ3) is 2.00. The SMILES string of the molecule is COc1nc(C2CCCNC2)nc2c1COC2. The van der Waals surface area contributed by atoms with Crippen LogP contribution in [0.1, 0.15) is 35.8 Å². The van der Waals surface area contributed by atoms with Crippen LogP contribution in [0.2, 0.25) is 0 Å². The van der Waals surface area contributed by atoms with E-state index in [9.17, 15) is 0 Å². The van der Waals surface area contributed by atoms with Crippen LogP contribution in [0.15, 0.2) is 0 Å². The highest BCUT2D eigenvalue weighted by molar-refractivity contribution is 5.33. The molecule has 1 aromatic rings. The highest BCUT2D eigenvalue weighted by Crippen LogP contribution is 2.29. The zero-order valence-electron chi connectivity index (χ0n) is 10.0. The van der Waals surface area contributed by atoms with E-state index in [2.05, 4.69) is 15.3 Å². The fraction of sp³-hybridized carbons (Fsp3) is 0.667. The molecule has 0 spiro atoms. The maximum absolute atomic E-state index is 5.40. The Kier molecular flexibility index (Phi) is 2.94. The Labute approximate surface area is 101 Å². The van der Waals surface area contributed by atoms with Crippen molar-refractivity contribution >= 4 is 0 Å². The quantitative estimate of drug-likeness (QED) is 0.828. The van der Waals surface area contributed by atoms with Crippen molar-refractivity contribution < 1.29 is 9.47 Å². The first kappa shape index (κ1) is 10.9. The van der Waals surface area contributed by atoms with Crippen molar-refractivity contribution in [1.82, 2.24) is 15.3 Å². The van der Waals surface area contributed by atoms with E-state index in [0.717, 1.165) is 36.6 Å². The summed E-state index contributed by atoms with van der Waals surface area (Å²) >= 11 is 0. The smallest absolute Gasteiger partial charge is 0.222 e. The minimum absolute atomic E-state index is 0.406. The van der Waals surface area contributed by atoms with Crippen LogP contribution < -0.4 is 10.1 Å². The van der Waals surface area contributed by atoms with Crippen LogP contribution in [-0.4, -0.2) is 30.2 Å². The van der Waals surface area contributed by atoms with Gasteiger partial charge in [0.25, 0.3) is 0 Å². The number of methoxy groups -OCH3 is 1. The number of aromatic nitrogens is 2. The fourth-order valence-corrected chi connectivity index (χ4v) is 2.46. The van der Waals surface area contributed by atoms with E-state index in [0.29, 0.717) is 25.0 Å². The molecule has 5 heteroatoms. The molecule has 3 rings (SSSR count). The van der Waals surface area contributed by atoms with Crippen LogP contribution in [0.25, 0.3) is 0 Å². The van der Waals surface area contributed by atoms with Gasteiger partial charge in [0.05, 0.1) is 31.6 Å². The van der Waals surface area contributed by atoms with Gasteiger partial charge in [0, 0.05) is 12.5 Å². The Morgan fingerprint density at radius 2 is 2.29 bits per heavy atom. The number of nitrogens with one attached hydrogen (secondary N) is 1. The molecule has 17 heavy (non-hydrogen) atoms. The molecular weight excluding hydrogens is 218 g/mol. The predicted octanol–water partition coefficient (Wildman–Crippen LogP) is 0.982. The van der Waals surface area contributed by atoms with Crippen molar-refractivity contribution in [2.75, 3.05) is 20.2 Å². The lowest BCUT2D eigenvalue weighted by Crippen LogP contribution is -2.29. The standard InChI is InChI=1S/C12H17N3O2/c1-16-12-9-6-17-7-10(9)14-11(15-12)8-3-2-4-13-5-8/h8,13H,2-7H2,1H3. The van der Waals surface area contributed by atoms with Gasteiger partial charge >= 0.3 is 0 Å². The number of hydrogen-bond acceptors (Lipinski definition) is 5. The van der Waals surface area contributed by atoms with Crippen molar-refractivity contribution in [2.45, 2.75) is 32.0 Å². The average Bonchev–Trinajstić information content (AvgIpc) is 2.86. The van der Waals surface area contributed by atoms with E-state index in [1.54, 1.807) is 7.11 Å². The second kappa shape index (κ2) is 4.58. The number of piperidine rings is 1. The summed E-state index contributed by atoms with van der Waals surface area (Å²) in [5, 5.41) is 3.39. The molecule has 1 fully saturated rings. The lowest BCUT2D eigenvalue weighted by atomic mass is 9.98. The fourth-order valence-electron chi connectivity index (χ4n) is 2.46. The summed E-state index contributed by atoms with van der Waals surface area (Å²) in [5.74, 6) is 2.00. The monoisotopic (exact) mass is 235 g/mol. The topological polar surface area (TPSA) is 56.3 Å². The second-order valence-corrected chi connectivity index (χ2v) is 4.55. The molecule has 92 valence electrons. The molecule has 1 saturated heterocycles. The van der Waals surface area contributed by atoms with Crippen molar-refractivity contribution in [3.63, 3.8) is 0 Å². The molecule has 2 aliphatic rings. The van der Waals surface area contributed by atoms with E-state index in [4.69, 9.17) is 9.47 Å². The lowest BCUT2D eigenvalue weighted by molar-refractivity contribution is 0.132. The number of nitrogens with zero attached hydrogens (tertiary/aromatic N) is 2. The van der Waals surface area contributed by atoms with Gasteiger partial charge < -0.3 is 14.8 Å². The summed E-state index contributed by atoms with van der Waals surface area (Å²) < 4.78 is 10.7. The molecule has 2 aliphatic heterocycles. The van der Waals surface area contributed by atoms with Crippen molar-refractivity contribution in [3.05, 3.63) is 17.1 Å². The summed E-state index contributed by atoms with van der Waals surface area (Å²) in [4.78, 5) is 9.16. The molecule has 1 unspecified atom stereocenters. The second-order valence-electron chi connectivity index (χ2n) is 4.55. The van der Waals surface area contributed by atoms with Gasteiger partial charge in [-0.05, 0) is 19.4 Å². The van der Waals surface area contributed by atoms with Gasteiger partial charge in [0.1, 0.15) is 5.82 Å². The average molecular weight is 235 g/mol. The Morgan fingerprint density at radius 3 is 3.06 bits per heavy atom. The van der Waals surface area contributed by atoms with Gasteiger partial charge in [-0.1, -0.05) is 0 Å². The molecule has 1 atom stereocenters. The Bertz CT molecular complexity index is 416. The Morgan fingerprint density at radius 1 is 1.35 bits per heavy atom. The number of fused-ring (bicyclic) bond motifs is 1. The summed E-state index contributed by atoms with van der Waals surface area (Å²) in [5.41, 5.74) is 2.01.